The van der Waals surface area contributed by atoms with Crippen LogP contribution < -0.4 is 0 Å². The van der Waals surface area contributed by atoms with Gasteiger partial charge in [-0.3, -0.25) is 37.3 Å². The number of rotatable bonds is 76. The molecule has 0 spiro atoms. The van der Waals surface area contributed by atoms with Gasteiger partial charge in [0.05, 0.1) is 26.4 Å². The molecule has 19 heteroatoms. The lowest BCUT2D eigenvalue weighted by Gasteiger charge is -2.21. The number of phosphoric ester groups is 2. The minimum absolute atomic E-state index is 0.104. The van der Waals surface area contributed by atoms with E-state index in [1.807, 2.05) is 0 Å². The Morgan fingerprint density at radius 1 is 0.299 bits per heavy atom. The molecule has 4 unspecified atom stereocenters. The molecule has 0 heterocycles. The third-order valence-electron chi connectivity index (χ3n) is 18.9. The van der Waals surface area contributed by atoms with Gasteiger partial charge in [-0.15, -0.1) is 0 Å². The van der Waals surface area contributed by atoms with E-state index in [4.69, 9.17) is 37.0 Å². The Kier molecular flexibility index (Phi) is 67.1. The zero-order valence-corrected chi connectivity index (χ0v) is 65.3. The number of carbonyl (C=O) groups is 4. The lowest BCUT2D eigenvalue weighted by atomic mass is 9.99. The summed E-state index contributed by atoms with van der Waals surface area (Å²) in [5, 5.41) is 10.6. The summed E-state index contributed by atoms with van der Waals surface area (Å²) >= 11 is 0. The number of aliphatic hydroxyl groups excluding tert-OH is 1. The van der Waals surface area contributed by atoms with Crippen LogP contribution in [0.1, 0.15) is 402 Å². The number of phosphoric acid groups is 2. The molecular formula is C78H152O17P2. The Labute approximate surface area is 594 Å². The smallest absolute Gasteiger partial charge is 0.462 e. The van der Waals surface area contributed by atoms with Crippen LogP contribution in [0.4, 0.5) is 0 Å². The molecule has 0 amide bonds. The van der Waals surface area contributed by atoms with Gasteiger partial charge < -0.3 is 33.8 Å². The molecule has 0 radical (unpaired) electrons. The van der Waals surface area contributed by atoms with Crippen molar-refractivity contribution >= 4 is 39.5 Å². The van der Waals surface area contributed by atoms with Gasteiger partial charge >= 0.3 is 39.5 Å². The van der Waals surface area contributed by atoms with Crippen LogP contribution in [-0.2, 0) is 65.4 Å². The summed E-state index contributed by atoms with van der Waals surface area (Å²) < 4.78 is 68.6. The second-order valence-corrected chi connectivity index (χ2v) is 32.0. The quantitative estimate of drug-likeness (QED) is 0.0222. The van der Waals surface area contributed by atoms with Gasteiger partial charge in [0.1, 0.15) is 19.3 Å². The average Bonchev–Trinajstić information content (AvgIpc) is 1.30. The van der Waals surface area contributed by atoms with Crippen LogP contribution in [0.3, 0.4) is 0 Å². The predicted octanol–water partition coefficient (Wildman–Crippen LogP) is 23.0. The SMILES string of the molecule is CCCCCCCCCCCCCCCC(=O)OC[C@H](COP(=O)(O)OC[C@@H](O)COP(=O)(O)OC[C@@H](COC(=O)CCCCCCCCC(C)CC)OC(=O)CCCCCCCCCCCC(C)C)OC(=O)CCCCCCCCCCCCCCCCCCCCC(C)CC. The lowest BCUT2D eigenvalue weighted by Crippen LogP contribution is -2.30. The van der Waals surface area contributed by atoms with E-state index in [1.54, 1.807) is 0 Å². The van der Waals surface area contributed by atoms with E-state index in [9.17, 15) is 43.2 Å². The van der Waals surface area contributed by atoms with E-state index >= 15 is 0 Å². The lowest BCUT2D eigenvalue weighted by molar-refractivity contribution is -0.161. The van der Waals surface area contributed by atoms with Crippen LogP contribution in [0.2, 0.25) is 0 Å². The Morgan fingerprint density at radius 2 is 0.526 bits per heavy atom. The molecule has 0 aliphatic carbocycles. The maximum absolute atomic E-state index is 13.1. The Morgan fingerprint density at radius 3 is 0.784 bits per heavy atom. The summed E-state index contributed by atoms with van der Waals surface area (Å²) in [6.45, 7) is 11.9. The molecule has 0 fully saturated rings. The van der Waals surface area contributed by atoms with Crippen molar-refractivity contribution in [3.05, 3.63) is 0 Å². The minimum Gasteiger partial charge on any atom is -0.462 e. The minimum atomic E-state index is -4.96. The van der Waals surface area contributed by atoms with Gasteiger partial charge in [0, 0.05) is 25.7 Å². The predicted molar refractivity (Wildman–Crippen MR) is 395 cm³/mol. The van der Waals surface area contributed by atoms with E-state index in [2.05, 4.69) is 48.5 Å². The van der Waals surface area contributed by atoms with Crippen molar-refractivity contribution in [1.82, 2.24) is 0 Å². The molecule has 97 heavy (non-hydrogen) atoms. The van der Waals surface area contributed by atoms with E-state index in [0.717, 1.165) is 114 Å². The van der Waals surface area contributed by atoms with Crippen LogP contribution in [0.5, 0.6) is 0 Å². The third kappa shape index (κ3) is 69.5. The summed E-state index contributed by atoms with van der Waals surface area (Å²) in [5.74, 6) is 0.221. The molecule has 0 bridgehead atoms. The van der Waals surface area contributed by atoms with Gasteiger partial charge in [-0.1, -0.05) is 350 Å². The Balaban J connectivity index is 5.20. The van der Waals surface area contributed by atoms with Crippen molar-refractivity contribution < 1.29 is 80.2 Å². The van der Waals surface area contributed by atoms with Gasteiger partial charge in [0.25, 0.3) is 0 Å². The molecule has 0 saturated heterocycles. The van der Waals surface area contributed by atoms with Gasteiger partial charge in [-0.25, -0.2) is 9.13 Å². The van der Waals surface area contributed by atoms with Gasteiger partial charge in [-0.2, -0.15) is 0 Å². The van der Waals surface area contributed by atoms with Crippen LogP contribution in [0.25, 0.3) is 0 Å². The topological polar surface area (TPSA) is 237 Å². The molecule has 0 saturated carbocycles. The van der Waals surface area contributed by atoms with Gasteiger partial charge in [-0.05, 0) is 43.4 Å². The normalized spacial score (nSPS) is 14.6. The fourth-order valence-electron chi connectivity index (χ4n) is 11.9. The molecule has 3 N–H and O–H groups in total. The highest BCUT2D eigenvalue weighted by atomic mass is 31.2. The average molecular weight is 1420 g/mol. The summed E-state index contributed by atoms with van der Waals surface area (Å²) in [6, 6.07) is 0. The number of aliphatic hydroxyl groups is 1. The molecule has 0 aromatic carbocycles. The van der Waals surface area contributed by atoms with Crippen LogP contribution in [0, 0.1) is 17.8 Å². The highest BCUT2D eigenvalue weighted by Crippen LogP contribution is 2.45. The fourth-order valence-corrected chi connectivity index (χ4v) is 13.5. The van der Waals surface area contributed by atoms with E-state index in [0.29, 0.717) is 25.7 Å². The first-order valence-electron chi connectivity index (χ1n) is 40.4. The first-order chi connectivity index (χ1) is 46.8. The maximum atomic E-state index is 13.1. The summed E-state index contributed by atoms with van der Waals surface area (Å²) in [6.07, 6.45) is 55.6. The number of esters is 4. The van der Waals surface area contributed by atoms with Crippen molar-refractivity contribution in [3.8, 4) is 0 Å². The number of hydrogen-bond donors (Lipinski definition) is 3. The van der Waals surface area contributed by atoms with Gasteiger partial charge in [0.15, 0.2) is 12.2 Å². The fraction of sp³-hybridized carbons (Fsp3) is 0.949. The van der Waals surface area contributed by atoms with Crippen molar-refractivity contribution in [2.75, 3.05) is 39.6 Å². The second-order valence-electron chi connectivity index (χ2n) is 29.1. The molecule has 0 aliphatic rings. The van der Waals surface area contributed by atoms with Crippen LogP contribution >= 0.6 is 15.6 Å². The highest BCUT2D eigenvalue weighted by molar-refractivity contribution is 7.47. The van der Waals surface area contributed by atoms with Crippen molar-refractivity contribution in [3.63, 3.8) is 0 Å². The molecule has 0 rings (SSSR count). The third-order valence-corrected chi connectivity index (χ3v) is 20.8. The standard InChI is InChI=1S/C78H152O17P2/c1-8-11-12-13-14-15-16-23-27-32-37-45-52-59-75(80)88-65-73(94-77(82)61-54-47-38-33-28-25-22-20-18-17-19-21-24-26-31-36-43-50-57-70(6)9-2)67-92-96(84,85)90-63-72(79)64-91-97(86,87)93-68-74(66-89-76(81)60-53-46-41-40-44-51-58-71(7)10-3)95-78(83)62-55-48-39-34-29-30-35-42-49-56-69(4)5/h69-74,79H,8-68H2,1-7H3,(H,84,85)(H,86,87)/t70?,71?,72-,73-,74-/m1/s1. The van der Waals surface area contributed by atoms with E-state index in [-0.39, 0.29) is 25.7 Å². The number of carbonyl (C=O) groups excluding carboxylic acids is 4. The second kappa shape index (κ2) is 68.5. The largest absolute Gasteiger partial charge is 0.472 e. The van der Waals surface area contributed by atoms with Crippen molar-refractivity contribution in [2.45, 2.75) is 420 Å². The summed E-state index contributed by atoms with van der Waals surface area (Å²) in [7, 11) is -9.91. The number of ether oxygens (including phenoxy) is 4. The first-order valence-corrected chi connectivity index (χ1v) is 43.4. The molecule has 17 nitrogen and oxygen atoms in total. The van der Waals surface area contributed by atoms with E-state index in [1.165, 1.54) is 205 Å². The molecule has 0 aromatic heterocycles. The number of unbranched alkanes of at least 4 members (excludes halogenated alkanes) is 42. The molecular weight excluding hydrogens is 1270 g/mol. The van der Waals surface area contributed by atoms with E-state index < -0.39 is 97.5 Å². The maximum Gasteiger partial charge on any atom is 0.472 e. The monoisotopic (exact) mass is 1420 g/mol. The first kappa shape index (κ1) is 95.1. The highest BCUT2D eigenvalue weighted by Gasteiger charge is 2.30. The molecule has 576 valence electrons. The molecule has 0 aromatic rings. The van der Waals surface area contributed by atoms with Crippen LogP contribution in [0.15, 0.2) is 0 Å². The summed E-state index contributed by atoms with van der Waals surface area (Å²) in [4.78, 5) is 72.8. The summed E-state index contributed by atoms with van der Waals surface area (Å²) in [5.41, 5.74) is 0. The number of hydrogen-bond acceptors (Lipinski definition) is 15. The molecule has 7 atom stereocenters. The Bertz CT molecular complexity index is 1890. The Hall–Kier alpha value is -1.94. The molecule has 0 aliphatic heterocycles. The zero-order chi connectivity index (χ0) is 71.6. The van der Waals surface area contributed by atoms with Crippen molar-refractivity contribution in [1.29, 1.82) is 0 Å². The van der Waals surface area contributed by atoms with Crippen molar-refractivity contribution in [2.24, 2.45) is 17.8 Å². The van der Waals surface area contributed by atoms with Crippen LogP contribution in [-0.4, -0.2) is 96.7 Å². The van der Waals surface area contributed by atoms with Gasteiger partial charge in [0.2, 0.25) is 0 Å². The zero-order valence-electron chi connectivity index (χ0n) is 63.5.